The second-order valence-electron chi connectivity index (χ2n) is 8.30. The molecule has 0 saturated carbocycles. The third-order valence-corrected chi connectivity index (χ3v) is 6.79. The standard InChI is InChI=1S/C21H30NO4.BrH/c1-3-4-10-22(2)17-11-15(12-18(22)20-19(17)26-20)25-21(24)16(13-23)14-8-6-5-7-9-14;/h5-9,15-20,23H,3-4,10-13H2,1-2H3;1H/q+1;/t15?,16?,17-,18?,19?,20?,22?;/m0./s1. The van der Waals surface area contributed by atoms with Crippen molar-refractivity contribution in [2.24, 2.45) is 0 Å². The Balaban J connectivity index is 0.00000210. The van der Waals surface area contributed by atoms with Crippen molar-refractivity contribution >= 4 is 23.0 Å². The minimum Gasteiger partial charge on any atom is -0.461 e. The van der Waals surface area contributed by atoms with Crippen LogP contribution in [0.15, 0.2) is 30.3 Å². The normalized spacial score (nSPS) is 37.1. The van der Waals surface area contributed by atoms with Gasteiger partial charge in [-0.25, -0.2) is 0 Å². The average molecular weight is 441 g/mol. The number of rotatable bonds is 7. The van der Waals surface area contributed by atoms with Gasteiger partial charge in [0.05, 0.1) is 20.2 Å². The first-order valence-electron chi connectivity index (χ1n) is 9.95. The van der Waals surface area contributed by atoms with E-state index in [0.717, 1.165) is 22.9 Å². The molecule has 3 heterocycles. The number of morpholine rings is 1. The highest BCUT2D eigenvalue weighted by atomic mass is 79.9. The minimum absolute atomic E-state index is 0. The van der Waals surface area contributed by atoms with E-state index in [1.165, 1.54) is 19.4 Å². The molecule has 150 valence electrons. The van der Waals surface area contributed by atoms with Crippen LogP contribution in [0.4, 0.5) is 0 Å². The summed E-state index contributed by atoms with van der Waals surface area (Å²) in [6.45, 7) is 3.20. The van der Waals surface area contributed by atoms with E-state index >= 15 is 0 Å². The van der Waals surface area contributed by atoms with Crippen LogP contribution in [0.3, 0.4) is 0 Å². The van der Waals surface area contributed by atoms with Crippen LogP contribution >= 0.6 is 17.0 Å². The predicted molar refractivity (Wildman–Crippen MR) is 108 cm³/mol. The van der Waals surface area contributed by atoms with Gasteiger partial charge < -0.3 is 19.1 Å². The van der Waals surface area contributed by atoms with E-state index in [4.69, 9.17) is 9.47 Å². The molecule has 4 rings (SSSR count). The second kappa shape index (κ2) is 8.19. The number of fused-ring (bicyclic) bond motifs is 5. The predicted octanol–water partition coefficient (Wildman–Crippen LogP) is 2.81. The van der Waals surface area contributed by atoms with E-state index < -0.39 is 5.92 Å². The van der Waals surface area contributed by atoms with Crippen LogP contribution in [0, 0.1) is 0 Å². The molecular weight excluding hydrogens is 410 g/mol. The monoisotopic (exact) mass is 440 g/mol. The first kappa shape index (κ1) is 20.8. The molecule has 0 aromatic heterocycles. The molecule has 5 nitrogen and oxygen atoms in total. The van der Waals surface area contributed by atoms with E-state index in [0.29, 0.717) is 24.3 Å². The molecule has 0 radical (unpaired) electrons. The van der Waals surface area contributed by atoms with Gasteiger partial charge in [-0.2, -0.15) is 0 Å². The average Bonchev–Trinajstić information content (AvgIpc) is 3.40. The number of nitrogens with zero attached hydrogens (tertiary/aromatic N) is 1. The molecule has 0 amide bonds. The van der Waals surface area contributed by atoms with Gasteiger partial charge in [0.15, 0.2) is 0 Å². The van der Waals surface area contributed by atoms with Gasteiger partial charge >= 0.3 is 5.97 Å². The number of hydrogen-bond acceptors (Lipinski definition) is 4. The summed E-state index contributed by atoms with van der Waals surface area (Å²) in [6.07, 6.45) is 4.83. The molecule has 6 unspecified atom stereocenters. The summed E-state index contributed by atoms with van der Waals surface area (Å²) in [7, 11) is 2.36. The summed E-state index contributed by atoms with van der Waals surface area (Å²) in [5, 5.41) is 9.70. The number of quaternary nitrogens is 1. The molecule has 27 heavy (non-hydrogen) atoms. The zero-order chi connectivity index (χ0) is 18.3. The zero-order valence-electron chi connectivity index (χ0n) is 16.1. The molecule has 0 aliphatic carbocycles. The molecule has 7 atom stereocenters. The van der Waals surface area contributed by atoms with E-state index in [1.807, 2.05) is 30.3 Å². The molecular formula is C21H31BrNO4+. The molecule has 2 bridgehead atoms. The van der Waals surface area contributed by atoms with Gasteiger partial charge in [-0.05, 0) is 12.0 Å². The number of benzene rings is 1. The molecule has 6 heteroatoms. The van der Waals surface area contributed by atoms with Crippen LogP contribution in [-0.4, -0.2) is 66.2 Å². The lowest BCUT2D eigenvalue weighted by atomic mass is 9.94. The fourth-order valence-corrected chi connectivity index (χ4v) is 5.23. The van der Waals surface area contributed by atoms with Gasteiger partial charge in [-0.15, -0.1) is 17.0 Å². The lowest BCUT2D eigenvalue weighted by Crippen LogP contribution is -2.62. The fourth-order valence-electron chi connectivity index (χ4n) is 5.23. The number of epoxide rings is 1. The van der Waals surface area contributed by atoms with Gasteiger partial charge in [-0.1, -0.05) is 43.7 Å². The molecule has 3 aliphatic heterocycles. The maximum atomic E-state index is 12.7. The Morgan fingerprint density at radius 3 is 2.44 bits per heavy atom. The summed E-state index contributed by atoms with van der Waals surface area (Å²) in [5.74, 6) is -0.898. The lowest BCUT2D eigenvalue weighted by molar-refractivity contribution is -0.956. The van der Waals surface area contributed by atoms with Crippen molar-refractivity contribution in [2.75, 3.05) is 20.2 Å². The highest BCUT2D eigenvalue weighted by molar-refractivity contribution is 8.93. The van der Waals surface area contributed by atoms with Crippen LogP contribution in [0.1, 0.15) is 44.1 Å². The summed E-state index contributed by atoms with van der Waals surface area (Å²) in [5.41, 5.74) is 0.813. The molecule has 1 N–H and O–H groups in total. The summed E-state index contributed by atoms with van der Waals surface area (Å²) in [6, 6.07) is 10.3. The number of ether oxygens (including phenoxy) is 2. The zero-order valence-corrected chi connectivity index (χ0v) is 17.8. The van der Waals surface area contributed by atoms with E-state index in [-0.39, 0.29) is 35.7 Å². The topological polar surface area (TPSA) is 59.1 Å². The quantitative estimate of drug-likeness (QED) is 0.402. The number of likely N-dealkylation sites (N-methyl/N-ethyl adjacent to an activating group) is 1. The summed E-state index contributed by atoms with van der Waals surface area (Å²) >= 11 is 0. The first-order chi connectivity index (χ1) is 12.6. The maximum absolute atomic E-state index is 12.7. The minimum atomic E-state index is -0.595. The van der Waals surface area contributed by atoms with Gasteiger partial charge in [0.1, 0.15) is 36.3 Å². The smallest absolute Gasteiger partial charge is 0.316 e. The van der Waals surface area contributed by atoms with Crippen molar-refractivity contribution in [2.45, 2.75) is 68.9 Å². The van der Waals surface area contributed by atoms with Crippen LogP contribution in [0.25, 0.3) is 0 Å². The van der Waals surface area contributed by atoms with Crippen LogP contribution in [0.5, 0.6) is 0 Å². The number of aliphatic hydroxyl groups excluding tert-OH is 1. The maximum Gasteiger partial charge on any atom is 0.316 e. The Kier molecular flexibility index (Phi) is 6.31. The third-order valence-electron chi connectivity index (χ3n) is 6.79. The van der Waals surface area contributed by atoms with Crippen molar-refractivity contribution in [3.63, 3.8) is 0 Å². The largest absolute Gasteiger partial charge is 0.461 e. The number of carbonyl (C=O) groups is 1. The Morgan fingerprint density at radius 2 is 1.89 bits per heavy atom. The van der Waals surface area contributed by atoms with Gasteiger partial charge in [-0.3, -0.25) is 4.79 Å². The Bertz CT molecular complexity index is 637. The molecule has 3 aliphatic rings. The Morgan fingerprint density at radius 1 is 1.26 bits per heavy atom. The van der Waals surface area contributed by atoms with Crippen molar-refractivity contribution < 1.29 is 23.9 Å². The third kappa shape index (κ3) is 3.69. The van der Waals surface area contributed by atoms with Crippen molar-refractivity contribution in [3.8, 4) is 0 Å². The Hall–Kier alpha value is -0.950. The molecule has 1 aromatic carbocycles. The molecule has 1 aromatic rings. The van der Waals surface area contributed by atoms with Gasteiger partial charge in [0, 0.05) is 12.8 Å². The van der Waals surface area contributed by atoms with Crippen LogP contribution in [0.2, 0.25) is 0 Å². The number of hydrogen-bond donors (Lipinski definition) is 1. The lowest BCUT2D eigenvalue weighted by Gasteiger charge is -2.48. The van der Waals surface area contributed by atoms with Crippen LogP contribution < -0.4 is 0 Å². The van der Waals surface area contributed by atoms with E-state index in [2.05, 4.69) is 14.0 Å². The number of halogens is 1. The first-order valence-corrected chi connectivity index (χ1v) is 9.95. The van der Waals surface area contributed by atoms with Crippen molar-refractivity contribution in [3.05, 3.63) is 35.9 Å². The van der Waals surface area contributed by atoms with Crippen molar-refractivity contribution in [1.82, 2.24) is 0 Å². The number of carbonyl (C=O) groups excluding carboxylic acids is 1. The number of aliphatic hydroxyl groups is 1. The SMILES string of the molecule is Br.CCCC[N+]1(C)C2CC(OC(=O)C(CO)c3ccccc3)C[C@H]1C1OC12. The fraction of sp³-hybridized carbons (Fsp3) is 0.667. The Labute approximate surface area is 172 Å². The number of unbranched alkanes of at least 4 members (excludes halogenated alkanes) is 1. The number of piperidine rings is 1. The summed E-state index contributed by atoms with van der Waals surface area (Å²) in [4.78, 5) is 12.7. The highest BCUT2D eigenvalue weighted by Crippen LogP contribution is 2.52. The van der Waals surface area contributed by atoms with Crippen LogP contribution in [-0.2, 0) is 14.3 Å². The van der Waals surface area contributed by atoms with Gasteiger partial charge in [0.2, 0.25) is 0 Å². The van der Waals surface area contributed by atoms with Gasteiger partial charge in [0.25, 0.3) is 0 Å². The molecule has 3 saturated heterocycles. The molecule has 0 spiro atoms. The van der Waals surface area contributed by atoms with E-state index in [9.17, 15) is 9.90 Å². The molecule has 3 fully saturated rings. The van der Waals surface area contributed by atoms with E-state index in [1.54, 1.807) is 0 Å². The van der Waals surface area contributed by atoms with Crippen molar-refractivity contribution in [1.29, 1.82) is 0 Å². The summed E-state index contributed by atoms with van der Waals surface area (Å²) < 4.78 is 12.9. The number of esters is 1. The second-order valence-corrected chi connectivity index (χ2v) is 8.30. The highest BCUT2D eigenvalue weighted by Gasteiger charge is 2.71.